The fraction of sp³-hybridized carbons (Fsp3) is 1.00. The zero-order valence-corrected chi connectivity index (χ0v) is 12.0. The van der Waals surface area contributed by atoms with Crippen LogP contribution in [-0.4, -0.2) is 49.3 Å². The Hall–Kier alpha value is 0.270. The quantitative estimate of drug-likeness (QED) is 0.651. The smallest absolute Gasteiger partial charge is 0.0478 e. The van der Waals surface area contributed by atoms with Crippen molar-refractivity contribution in [2.75, 3.05) is 44.4 Å². The van der Waals surface area contributed by atoms with E-state index in [0.29, 0.717) is 0 Å². The molecule has 0 spiro atoms. The Labute approximate surface area is 110 Å². The molecular weight excluding hydrogens is 230 g/mol. The topological polar surface area (TPSA) is 12.5 Å². The standard InChI is InChI=1S/C14H27NOS/c1-2-3-6-16-7-4-5-15-9-13-8-14(10-15)12-17-11-13/h13-14H,2-12H2,1H3. The van der Waals surface area contributed by atoms with Crippen LogP contribution < -0.4 is 0 Å². The highest BCUT2D eigenvalue weighted by Gasteiger charge is 2.30. The Morgan fingerprint density at radius 1 is 1.12 bits per heavy atom. The van der Waals surface area contributed by atoms with Gasteiger partial charge in [-0.2, -0.15) is 11.8 Å². The van der Waals surface area contributed by atoms with Crippen LogP contribution in [-0.2, 0) is 4.74 Å². The molecule has 0 amide bonds. The van der Waals surface area contributed by atoms with E-state index in [4.69, 9.17) is 4.74 Å². The first-order valence-corrected chi connectivity index (χ1v) is 8.41. The molecule has 2 bridgehead atoms. The summed E-state index contributed by atoms with van der Waals surface area (Å²) in [5, 5.41) is 0. The second kappa shape index (κ2) is 7.65. The molecule has 0 aromatic rings. The van der Waals surface area contributed by atoms with Gasteiger partial charge in [-0.05, 0) is 42.6 Å². The van der Waals surface area contributed by atoms with Gasteiger partial charge in [0, 0.05) is 32.8 Å². The second-order valence-corrected chi connectivity index (χ2v) is 6.66. The number of thioether (sulfide) groups is 1. The number of piperidine rings is 1. The average Bonchev–Trinajstić information content (AvgIpc) is 2.33. The van der Waals surface area contributed by atoms with Crippen LogP contribution in [0.2, 0.25) is 0 Å². The highest BCUT2D eigenvalue weighted by molar-refractivity contribution is 7.99. The minimum atomic E-state index is 0.957. The van der Waals surface area contributed by atoms with E-state index in [9.17, 15) is 0 Å². The normalized spacial score (nSPS) is 29.5. The van der Waals surface area contributed by atoms with Gasteiger partial charge in [-0.3, -0.25) is 0 Å². The molecule has 0 N–H and O–H groups in total. The van der Waals surface area contributed by atoms with Gasteiger partial charge in [-0.25, -0.2) is 0 Å². The molecule has 0 aromatic heterocycles. The molecule has 2 heterocycles. The van der Waals surface area contributed by atoms with Gasteiger partial charge in [0.2, 0.25) is 0 Å². The molecule has 0 saturated carbocycles. The van der Waals surface area contributed by atoms with Crippen molar-refractivity contribution in [2.45, 2.75) is 32.6 Å². The monoisotopic (exact) mass is 257 g/mol. The predicted molar refractivity (Wildman–Crippen MR) is 75.7 cm³/mol. The molecule has 2 aliphatic rings. The number of rotatable bonds is 7. The number of hydrogen-bond donors (Lipinski definition) is 0. The van der Waals surface area contributed by atoms with Crippen LogP contribution in [0.15, 0.2) is 0 Å². The van der Waals surface area contributed by atoms with Crippen LogP contribution in [0, 0.1) is 11.8 Å². The van der Waals surface area contributed by atoms with Crippen LogP contribution in [0.1, 0.15) is 32.6 Å². The van der Waals surface area contributed by atoms with Crippen molar-refractivity contribution in [2.24, 2.45) is 11.8 Å². The minimum absolute atomic E-state index is 0.957. The first-order chi connectivity index (χ1) is 8.38. The van der Waals surface area contributed by atoms with Gasteiger partial charge < -0.3 is 9.64 Å². The number of unbranched alkanes of at least 4 members (excludes halogenated alkanes) is 1. The van der Waals surface area contributed by atoms with Gasteiger partial charge in [-0.15, -0.1) is 0 Å². The van der Waals surface area contributed by atoms with E-state index in [-0.39, 0.29) is 0 Å². The zero-order valence-electron chi connectivity index (χ0n) is 11.2. The SMILES string of the molecule is CCCCOCCCN1CC2CSCC(C2)C1. The Morgan fingerprint density at radius 3 is 2.53 bits per heavy atom. The maximum absolute atomic E-state index is 5.63. The summed E-state index contributed by atoms with van der Waals surface area (Å²) in [4.78, 5) is 2.68. The van der Waals surface area contributed by atoms with Crippen molar-refractivity contribution in [3.05, 3.63) is 0 Å². The molecule has 3 heteroatoms. The Bertz CT molecular complexity index is 200. The summed E-state index contributed by atoms with van der Waals surface area (Å²) < 4.78 is 5.63. The lowest BCUT2D eigenvalue weighted by molar-refractivity contribution is 0.0975. The number of likely N-dealkylation sites (tertiary alicyclic amines) is 1. The summed E-state index contributed by atoms with van der Waals surface area (Å²) in [6.07, 6.45) is 5.17. The predicted octanol–water partition coefficient (Wildman–Crippen LogP) is 2.88. The van der Waals surface area contributed by atoms with Crippen molar-refractivity contribution in [1.82, 2.24) is 4.90 Å². The van der Waals surface area contributed by atoms with Gasteiger partial charge in [-0.1, -0.05) is 13.3 Å². The number of nitrogens with zero attached hydrogens (tertiary/aromatic N) is 1. The van der Waals surface area contributed by atoms with Crippen molar-refractivity contribution in [3.8, 4) is 0 Å². The summed E-state index contributed by atoms with van der Waals surface area (Å²) >= 11 is 2.18. The maximum atomic E-state index is 5.63. The van der Waals surface area contributed by atoms with E-state index in [1.54, 1.807) is 0 Å². The number of hydrogen-bond acceptors (Lipinski definition) is 3. The molecule has 0 radical (unpaired) electrons. The summed E-state index contributed by atoms with van der Waals surface area (Å²) in [7, 11) is 0. The molecule has 17 heavy (non-hydrogen) atoms. The van der Waals surface area contributed by atoms with Crippen molar-refractivity contribution < 1.29 is 4.74 Å². The van der Waals surface area contributed by atoms with Crippen LogP contribution >= 0.6 is 11.8 Å². The summed E-state index contributed by atoms with van der Waals surface area (Å²) in [6.45, 7) is 8.08. The molecule has 2 saturated heterocycles. The lowest BCUT2D eigenvalue weighted by atomic mass is 9.91. The zero-order chi connectivity index (χ0) is 11.9. The lowest BCUT2D eigenvalue weighted by Gasteiger charge is -2.41. The van der Waals surface area contributed by atoms with Gasteiger partial charge >= 0.3 is 0 Å². The average molecular weight is 257 g/mol. The van der Waals surface area contributed by atoms with Crippen molar-refractivity contribution in [3.63, 3.8) is 0 Å². The van der Waals surface area contributed by atoms with E-state index < -0.39 is 0 Å². The molecule has 0 aromatic carbocycles. The third-order valence-corrected chi connectivity index (χ3v) is 5.23. The molecule has 2 unspecified atom stereocenters. The van der Waals surface area contributed by atoms with Crippen molar-refractivity contribution >= 4 is 11.8 Å². The van der Waals surface area contributed by atoms with Crippen molar-refractivity contribution in [1.29, 1.82) is 0 Å². The highest BCUT2D eigenvalue weighted by atomic mass is 32.2. The van der Waals surface area contributed by atoms with Crippen LogP contribution in [0.3, 0.4) is 0 Å². The van der Waals surface area contributed by atoms with Gasteiger partial charge in [0.25, 0.3) is 0 Å². The fourth-order valence-electron chi connectivity index (χ4n) is 2.99. The van der Waals surface area contributed by atoms with Gasteiger partial charge in [0.1, 0.15) is 0 Å². The third-order valence-electron chi connectivity index (χ3n) is 3.81. The summed E-state index contributed by atoms with van der Waals surface area (Å²) in [6, 6.07) is 0. The van der Waals surface area contributed by atoms with Crippen LogP contribution in [0.5, 0.6) is 0 Å². The van der Waals surface area contributed by atoms with Crippen LogP contribution in [0.25, 0.3) is 0 Å². The Kier molecular flexibility index (Phi) is 6.16. The minimum Gasteiger partial charge on any atom is -0.381 e. The number of fused-ring (bicyclic) bond motifs is 2. The van der Waals surface area contributed by atoms with E-state index >= 15 is 0 Å². The molecule has 2 atom stereocenters. The third kappa shape index (κ3) is 4.80. The highest BCUT2D eigenvalue weighted by Crippen LogP contribution is 2.32. The largest absolute Gasteiger partial charge is 0.381 e. The number of ether oxygens (including phenoxy) is 1. The molecular formula is C14H27NOS. The van der Waals surface area contributed by atoms with E-state index in [1.807, 2.05) is 0 Å². The first-order valence-electron chi connectivity index (χ1n) is 7.26. The van der Waals surface area contributed by atoms with E-state index in [0.717, 1.165) is 25.0 Å². The Morgan fingerprint density at radius 2 is 1.82 bits per heavy atom. The van der Waals surface area contributed by atoms with Gasteiger partial charge in [0.05, 0.1) is 0 Å². The van der Waals surface area contributed by atoms with E-state index in [1.165, 1.54) is 56.8 Å². The van der Waals surface area contributed by atoms with Gasteiger partial charge in [0.15, 0.2) is 0 Å². The Balaban J connectivity index is 1.54. The van der Waals surface area contributed by atoms with E-state index in [2.05, 4.69) is 23.6 Å². The van der Waals surface area contributed by atoms with Crippen LogP contribution in [0.4, 0.5) is 0 Å². The fourth-order valence-corrected chi connectivity index (χ4v) is 4.28. The lowest BCUT2D eigenvalue weighted by Crippen LogP contribution is -2.44. The molecule has 0 aliphatic carbocycles. The first kappa shape index (κ1) is 13.7. The molecule has 2 nitrogen and oxygen atoms in total. The molecule has 2 aliphatic heterocycles. The summed E-state index contributed by atoms with van der Waals surface area (Å²) in [5.74, 6) is 4.77. The molecule has 2 rings (SSSR count). The maximum Gasteiger partial charge on any atom is 0.0478 e. The molecule has 100 valence electrons. The second-order valence-electron chi connectivity index (χ2n) is 5.58. The summed E-state index contributed by atoms with van der Waals surface area (Å²) in [5.41, 5.74) is 0. The molecule has 2 fully saturated rings.